The van der Waals surface area contributed by atoms with Gasteiger partial charge in [-0.2, -0.15) is 23.1 Å². The van der Waals surface area contributed by atoms with Gasteiger partial charge >= 0.3 is 12.2 Å². The Labute approximate surface area is 272 Å². The van der Waals surface area contributed by atoms with Crippen molar-refractivity contribution in [2.75, 3.05) is 56.3 Å². The number of rotatable bonds is 8. The van der Waals surface area contributed by atoms with E-state index in [4.69, 9.17) is 33.7 Å². The number of nitrogen functional groups attached to an aromatic ring is 1. The van der Waals surface area contributed by atoms with E-state index in [1.54, 1.807) is 11.8 Å². The van der Waals surface area contributed by atoms with Crippen LogP contribution in [0.1, 0.15) is 37.3 Å². The van der Waals surface area contributed by atoms with Crippen molar-refractivity contribution in [3.8, 4) is 17.3 Å². The normalized spacial score (nSPS) is 19.2. The Hall–Kier alpha value is -3.49. The molecule has 1 amide bonds. The van der Waals surface area contributed by atoms with Gasteiger partial charge in [0.15, 0.2) is 5.82 Å². The minimum absolute atomic E-state index is 0.0237. The molecule has 248 valence electrons. The number of alkyl halides is 4. The number of amides is 1. The van der Waals surface area contributed by atoms with Gasteiger partial charge in [0.2, 0.25) is 5.78 Å². The third-order valence-corrected chi connectivity index (χ3v) is 8.91. The molecule has 16 heteroatoms. The number of nitrogens with two attached hydrogens (primary N) is 1. The predicted molar refractivity (Wildman–Crippen MR) is 167 cm³/mol. The van der Waals surface area contributed by atoms with Crippen molar-refractivity contribution in [1.29, 1.82) is 0 Å². The molecule has 0 saturated carbocycles. The third-order valence-electron chi connectivity index (χ3n) is 8.42. The van der Waals surface area contributed by atoms with Crippen LogP contribution in [0.4, 0.5) is 29.2 Å². The van der Waals surface area contributed by atoms with Crippen LogP contribution >= 0.6 is 23.2 Å². The number of likely N-dealkylation sites (tertiary alicyclic amines) is 1. The van der Waals surface area contributed by atoms with E-state index < -0.39 is 46.5 Å². The molecule has 46 heavy (non-hydrogen) atoms. The lowest BCUT2D eigenvalue weighted by Crippen LogP contribution is -2.55. The van der Waals surface area contributed by atoms with Crippen LogP contribution in [0.15, 0.2) is 12.1 Å². The van der Waals surface area contributed by atoms with Crippen molar-refractivity contribution in [3.05, 3.63) is 34.1 Å². The second-order valence-electron chi connectivity index (χ2n) is 11.6. The average Bonchev–Trinajstić information content (AvgIpc) is 3.39. The summed E-state index contributed by atoms with van der Waals surface area (Å²) >= 11 is 12.2. The smallest absolute Gasteiger partial charge is 0.418 e. The molecule has 0 spiro atoms. The first-order chi connectivity index (χ1) is 21.7. The number of ether oxygens (including phenoxy) is 1. The first-order valence-electron chi connectivity index (χ1n) is 14.7. The Morgan fingerprint density at radius 2 is 1.89 bits per heavy atom. The Balaban J connectivity index is 1.63. The van der Waals surface area contributed by atoms with Gasteiger partial charge in [-0.3, -0.25) is 9.59 Å². The van der Waals surface area contributed by atoms with E-state index in [1.165, 1.54) is 17.9 Å². The van der Waals surface area contributed by atoms with Crippen LogP contribution < -0.4 is 15.4 Å². The van der Waals surface area contributed by atoms with Gasteiger partial charge in [-0.15, -0.1) is 11.6 Å². The van der Waals surface area contributed by atoms with Gasteiger partial charge in [-0.25, -0.2) is 9.37 Å². The molecule has 2 N–H and O–H groups in total. The number of aromatic nitrogens is 3. The maximum atomic E-state index is 16.6. The molecule has 2 aliphatic rings. The molecular formula is C30H33Cl2F4N7O3. The van der Waals surface area contributed by atoms with E-state index in [9.17, 15) is 22.8 Å². The molecule has 5 rings (SSSR count). The van der Waals surface area contributed by atoms with Crippen molar-refractivity contribution in [3.63, 3.8) is 0 Å². The van der Waals surface area contributed by atoms with E-state index >= 15 is 4.39 Å². The molecule has 4 heterocycles. The van der Waals surface area contributed by atoms with Crippen LogP contribution in [-0.2, 0) is 15.8 Å². The summed E-state index contributed by atoms with van der Waals surface area (Å²) in [5, 5.41) is -0.233. The first kappa shape index (κ1) is 33.9. The van der Waals surface area contributed by atoms with Crippen LogP contribution in [0.2, 0.25) is 5.02 Å². The minimum atomic E-state index is -4.89. The zero-order valence-corrected chi connectivity index (χ0v) is 26.9. The standard InChI is InChI=1S/C30H33Cl2F4N7O3/c1-15-11-21(37)38-26(23(15)30(34,35)36)22-19(32)12-18-25(24(22)33)39-29(46-14-17-5-4-8-41(17)3)40-27(18)43-10-9-42(13-16(43)2)28(45)20(44)6-7-31/h11-12,16-17H,4-10,13-14H2,1-3H3,(H2,37,38)/t16-,17-/m0/s1. The van der Waals surface area contributed by atoms with Gasteiger partial charge in [-0.05, 0) is 58.0 Å². The maximum Gasteiger partial charge on any atom is 0.418 e. The molecule has 2 aliphatic heterocycles. The van der Waals surface area contributed by atoms with Crippen molar-refractivity contribution in [2.45, 2.75) is 51.4 Å². The fourth-order valence-electron chi connectivity index (χ4n) is 6.08. The topological polar surface area (TPSA) is 118 Å². The Bertz CT molecular complexity index is 1680. The molecule has 0 bridgehead atoms. The van der Waals surface area contributed by atoms with Crippen molar-refractivity contribution >= 4 is 57.4 Å². The summed E-state index contributed by atoms with van der Waals surface area (Å²) in [6.45, 7) is 4.60. The Morgan fingerprint density at radius 1 is 1.15 bits per heavy atom. The maximum absolute atomic E-state index is 16.6. The lowest BCUT2D eigenvalue weighted by Gasteiger charge is -2.40. The molecule has 2 fully saturated rings. The molecule has 2 atom stereocenters. The highest BCUT2D eigenvalue weighted by atomic mass is 35.5. The summed E-state index contributed by atoms with van der Waals surface area (Å²) in [5.74, 6) is -2.39. The number of nitrogens with zero attached hydrogens (tertiary/aromatic N) is 6. The number of hydrogen-bond donors (Lipinski definition) is 1. The molecule has 0 unspecified atom stereocenters. The summed E-state index contributed by atoms with van der Waals surface area (Å²) < 4.78 is 65.2. The predicted octanol–water partition coefficient (Wildman–Crippen LogP) is 5.10. The Kier molecular flexibility index (Phi) is 9.81. The molecule has 10 nitrogen and oxygen atoms in total. The van der Waals surface area contributed by atoms with E-state index in [2.05, 4.69) is 19.9 Å². The van der Waals surface area contributed by atoms with Gasteiger partial charge in [0.25, 0.3) is 5.91 Å². The van der Waals surface area contributed by atoms with Crippen molar-refractivity contribution < 1.29 is 31.9 Å². The fraction of sp³-hybridized carbons (Fsp3) is 0.500. The zero-order chi connectivity index (χ0) is 33.5. The largest absolute Gasteiger partial charge is 0.462 e. The van der Waals surface area contributed by atoms with Crippen LogP contribution in [0.3, 0.4) is 0 Å². The quantitative estimate of drug-likeness (QED) is 0.196. The van der Waals surface area contributed by atoms with Gasteiger partial charge in [0, 0.05) is 49.4 Å². The number of halogens is 6. The molecule has 3 aromatic rings. The number of piperazine rings is 1. The van der Waals surface area contributed by atoms with Crippen LogP contribution in [-0.4, -0.2) is 94.2 Å². The van der Waals surface area contributed by atoms with E-state index in [1.807, 2.05) is 7.05 Å². The highest BCUT2D eigenvalue weighted by molar-refractivity contribution is 6.37. The summed E-state index contributed by atoms with van der Waals surface area (Å²) in [6.07, 6.45) is -3.12. The van der Waals surface area contributed by atoms with Crippen LogP contribution in [0.5, 0.6) is 6.01 Å². The van der Waals surface area contributed by atoms with Gasteiger partial charge < -0.3 is 25.2 Å². The van der Waals surface area contributed by atoms with E-state index in [0.29, 0.717) is 0 Å². The van der Waals surface area contributed by atoms with Crippen LogP contribution in [0.25, 0.3) is 22.2 Å². The minimum Gasteiger partial charge on any atom is -0.462 e. The highest BCUT2D eigenvalue weighted by Crippen LogP contribution is 2.44. The molecule has 0 radical (unpaired) electrons. The molecule has 2 aromatic heterocycles. The lowest BCUT2D eigenvalue weighted by atomic mass is 9.98. The number of pyridine rings is 1. The van der Waals surface area contributed by atoms with E-state index in [0.717, 1.165) is 25.5 Å². The average molecular weight is 687 g/mol. The number of hydrogen-bond acceptors (Lipinski definition) is 9. The number of likely N-dealkylation sites (N-methyl/N-ethyl adjacent to an activating group) is 1. The second-order valence-corrected chi connectivity index (χ2v) is 12.4. The number of carbonyl (C=O) groups is 2. The number of fused-ring (bicyclic) bond motifs is 1. The number of benzene rings is 1. The van der Waals surface area contributed by atoms with Gasteiger partial charge in [-0.1, -0.05) is 11.6 Å². The lowest BCUT2D eigenvalue weighted by molar-refractivity contribution is -0.145. The molecular weight excluding hydrogens is 653 g/mol. The number of carbonyl (C=O) groups excluding carboxylic acids is 2. The number of Topliss-reactive ketones (excluding diaryl/α,β-unsaturated/α-hetero) is 1. The highest BCUT2D eigenvalue weighted by Gasteiger charge is 2.39. The summed E-state index contributed by atoms with van der Waals surface area (Å²) in [5.41, 5.74) is 2.70. The number of ketones is 1. The third kappa shape index (κ3) is 6.65. The zero-order valence-electron chi connectivity index (χ0n) is 25.4. The van der Waals surface area contributed by atoms with Crippen molar-refractivity contribution in [1.82, 2.24) is 24.8 Å². The molecule has 0 aliphatic carbocycles. The van der Waals surface area contributed by atoms with Gasteiger partial charge in [0.1, 0.15) is 23.8 Å². The number of anilines is 2. The number of aryl methyl sites for hydroxylation is 1. The SMILES string of the molecule is Cc1cc(N)nc(-c2c(Cl)cc3c(N4CCN(C(=O)C(=O)CCCl)C[C@@H]4C)nc(OC[C@@H]4CCCN4C)nc3c2F)c1C(F)(F)F. The second kappa shape index (κ2) is 13.3. The van der Waals surface area contributed by atoms with Crippen LogP contribution in [0, 0.1) is 12.7 Å². The first-order valence-corrected chi connectivity index (χ1v) is 15.6. The fourth-order valence-corrected chi connectivity index (χ4v) is 6.54. The summed E-state index contributed by atoms with van der Waals surface area (Å²) in [7, 11) is 1.96. The summed E-state index contributed by atoms with van der Waals surface area (Å²) in [6, 6.07) is 1.84. The van der Waals surface area contributed by atoms with Crippen molar-refractivity contribution in [2.24, 2.45) is 0 Å². The molecule has 2 saturated heterocycles. The Morgan fingerprint density at radius 3 is 2.52 bits per heavy atom. The van der Waals surface area contributed by atoms with E-state index in [-0.39, 0.29) is 83.7 Å². The summed E-state index contributed by atoms with van der Waals surface area (Å²) in [4.78, 5) is 43.0. The van der Waals surface area contributed by atoms with Gasteiger partial charge in [0.05, 0.1) is 21.8 Å². The monoisotopic (exact) mass is 685 g/mol. The molecule has 1 aromatic carbocycles.